The van der Waals surface area contributed by atoms with Crippen molar-refractivity contribution in [2.24, 2.45) is 0 Å². The van der Waals surface area contributed by atoms with Gasteiger partial charge in [0.05, 0.1) is 0 Å². The van der Waals surface area contributed by atoms with E-state index in [1.54, 1.807) is 18.2 Å². The Balaban J connectivity index is 1.98. The van der Waals surface area contributed by atoms with Gasteiger partial charge in [0.1, 0.15) is 5.82 Å². The van der Waals surface area contributed by atoms with Crippen molar-refractivity contribution in [2.45, 2.75) is 19.5 Å². The highest BCUT2D eigenvalue weighted by Gasteiger charge is 2.06. The molecule has 4 heteroatoms. The van der Waals surface area contributed by atoms with E-state index in [0.29, 0.717) is 6.54 Å². The van der Waals surface area contributed by atoms with E-state index in [1.165, 1.54) is 24.3 Å². The number of hydrogen-bond acceptors (Lipinski definition) is 2. The Kier molecular flexibility index (Phi) is 4.12. The number of halogens is 2. The van der Waals surface area contributed by atoms with Gasteiger partial charge in [0, 0.05) is 12.6 Å². The second kappa shape index (κ2) is 5.80. The molecule has 0 bridgehead atoms. The van der Waals surface area contributed by atoms with Gasteiger partial charge in [-0.05, 0) is 42.3 Å². The summed E-state index contributed by atoms with van der Waals surface area (Å²) >= 11 is 0. The van der Waals surface area contributed by atoms with Gasteiger partial charge in [-0.25, -0.2) is 8.78 Å². The molecule has 0 spiro atoms. The highest BCUT2D eigenvalue weighted by atomic mass is 19.1. The summed E-state index contributed by atoms with van der Waals surface area (Å²) in [5.74, 6) is -1.25. The summed E-state index contributed by atoms with van der Waals surface area (Å²) in [6, 6.07) is 10.5. The molecule has 0 aliphatic heterocycles. The maximum absolute atomic E-state index is 13.2. The van der Waals surface area contributed by atoms with Crippen molar-refractivity contribution in [1.29, 1.82) is 0 Å². The lowest BCUT2D eigenvalue weighted by atomic mass is 10.1. The van der Waals surface area contributed by atoms with E-state index in [4.69, 9.17) is 5.11 Å². The number of benzene rings is 2. The summed E-state index contributed by atoms with van der Waals surface area (Å²) in [5.41, 5.74) is 1.70. The molecule has 2 N–H and O–H groups in total. The van der Waals surface area contributed by atoms with Crippen molar-refractivity contribution in [3.63, 3.8) is 0 Å². The maximum Gasteiger partial charge on any atom is 0.165 e. The third-order valence-electron chi connectivity index (χ3n) is 2.99. The van der Waals surface area contributed by atoms with Gasteiger partial charge in [0.15, 0.2) is 11.6 Å². The lowest BCUT2D eigenvalue weighted by Crippen LogP contribution is -2.18. The molecule has 0 aliphatic rings. The van der Waals surface area contributed by atoms with Crippen molar-refractivity contribution in [3.8, 4) is 5.75 Å². The lowest BCUT2D eigenvalue weighted by Gasteiger charge is -2.14. The molecule has 2 nitrogen and oxygen atoms in total. The Morgan fingerprint density at radius 1 is 1.11 bits per heavy atom. The minimum absolute atomic E-state index is 0.0254. The van der Waals surface area contributed by atoms with Crippen LogP contribution < -0.4 is 5.32 Å². The van der Waals surface area contributed by atoms with Gasteiger partial charge in [-0.2, -0.15) is 0 Å². The zero-order valence-corrected chi connectivity index (χ0v) is 10.5. The number of aromatic hydroxyl groups is 1. The minimum atomic E-state index is -0.631. The molecular weight excluding hydrogens is 248 g/mol. The molecule has 1 atom stereocenters. The van der Waals surface area contributed by atoms with E-state index in [0.717, 1.165) is 11.1 Å². The van der Waals surface area contributed by atoms with Crippen LogP contribution in [0.5, 0.6) is 5.75 Å². The topological polar surface area (TPSA) is 32.3 Å². The van der Waals surface area contributed by atoms with Crippen LogP contribution in [-0.4, -0.2) is 5.11 Å². The first-order valence-electron chi connectivity index (χ1n) is 6.02. The number of phenolic OH excluding ortho intramolecular Hbond substituents is 1. The van der Waals surface area contributed by atoms with Crippen LogP contribution in [0.3, 0.4) is 0 Å². The third-order valence-corrected chi connectivity index (χ3v) is 2.99. The number of phenols is 1. The molecule has 100 valence electrons. The van der Waals surface area contributed by atoms with Gasteiger partial charge in [-0.15, -0.1) is 0 Å². The summed E-state index contributed by atoms with van der Waals surface area (Å²) in [6.45, 7) is 2.42. The number of nitrogens with one attached hydrogen (secondary N) is 1. The summed E-state index contributed by atoms with van der Waals surface area (Å²) in [5, 5.41) is 12.3. The fraction of sp³-hybridized carbons (Fsp3) is 0.200. The van der Waals surface area contributed by atoms with E-state index in [-0.39, 0.29) is 17.6 Å². The van der Waals surface area contributed by atoms with Crippen LogP contribution in [0.15, 0.2) is 42.5 Å². The zero-order valence-electron chi connectivity index (χ0n) is 10.5. The van der Waals surface area contributed by atoms with E-state index in [2.05, 4.69) is 5.32 Å². The third kappa shape index (κ3) is 3.51. The van der Waals surface area contributed by atoms with Gasteiger partial charge < -0.3 is 10.4 Å². The molecule has 2 aromatic rings. The standard InChI is InChI=1S/C15H15F2NO/c1-10(12-3-5-13(16)6-4-12)18-9-11-2-7-15(19)14(17)8-11/h2-8,10,18-19H,9H2,1H3/t10-/m0/s1. The normalized spacial score (nSPS) is 12.4. The molecule has 0 saturated heterocycles. The van der Waals surface area contributed by atoms with E-state index < -0.39 is 5.82 Å². The van der Waals surface area contributed by atoms with Gasteiger partial charge in [0.25, 0.3) is 0 Å². The van der Waals surface area contributed by atoms with Gasteiger partial charge in [0.2, 0.25) is 0 Å². The second-order valence-corrected chi connectivity index (χ2v) is 4.44. The summed E-state index contributed by atoms with van der Waals surface area (Å²) in [4.78, 5) is 0. The van der Waals surface area contributed by atoms with E-state index in [1.807, 2.05) is 6.92 Å². The van der Waals surface area contributed by atoms with Crippen LogP contribution in [0.25, 0.3) is 0 Å². The molecule has 0 heterocycles. The summed E-state index contributed by atoms with van der Waals surface area (Å²) in [7, 11) is 0. The van der Waals surface area contributed by atoms with E-state index >= 15 is 0 Å². The molecule has 0 unspecified atom stereocenters. The first kappa shape index (κ1) is 13.5. The average Bonchev–Trinajstić information content (AvgIpc) is 2.40. The van der Waals surface area contributed by atoms with Gasteiger partial charge in [-0.1, -0.05) is 18.2 Å². The Morgan fingerprint density at radius 2 is 1.79 bits per heavy atom. The highest BCUT2D eigenvalue weighted by molar-refractivity contribution is 5.28. The van der Waals surface area contributed by atoms with Crippen LogP contribution in [0.4, 0.5) is 8.78 Å². The molecule has 0 radical (unpaired) electrons. The van der Waals surface area contributed by atoms with Crippen LogP contribution in [-0.2, 0) is 6.54 Å². The first-order chi connectivity index (χ1) is 9.06. The largest absolute Gasteiger partial charge is 0.505 e. The van der Waals surface area contributed by atoms with Crippen LogP contribution in [0, 0.1) is 11.6 Å². The van der Waals surface area contributed by atoms with Crippen molar-refractivity contribution in [3.05, 3.63) is 65.2 Å². The molecule has 2 aromatic carbocycles. The highest BCUT2D eigenvalue weighted by Crippen LogP contribution is 2.17. The molecule has 0 saturated carbocycles. The number of rotatable bonds is 4. The maximum atomic E-state index is 13.2. The molecule has 19 heavy (non-hydrogen) atoms. The van der Waals surface area contributed by atoms with Crippen LogP contribution >= 0.6 is 0 Å². The van der Waals surface area contributed by atoms with Crippen molar-refractivity contribution in [1.82, 2.24) is 5.32 Å². The Bertz CT molecular complexity index is 555. The fourth-order valence-electron chi connectivity index (χ4n) is 1.80. The van der Waals surface area contributed by atoms with Crippen molar-refractivity contribution < 1.29 is 13.9 Å². The predicted molar refractivity (Wildman–Crippen MR) is 69.7 cm³/mol. The minimum Gasteiger partial charge on any atom is -0.505 e. The van der Waals surface area contributed by atoms with E-state index in [9.17, 15) is 8.78 Å². The quantitative estimate of drug-likeness (QED) is 0.884. The zero-order chi connectivity index (χ0) is 13.8. The second-order valence-electron chi connectivity index (χ2n) is 4.44. The molecule has 0 fully saturated rings. The monoisotopic (exact) mass is 263 g/mol. The van der Waals surface area contributed by atoms with Gasteiger partial charge in [-0.3, -0.25) is 0 Å². The molecule has 0 aliphatic carbocycles. The summed E-state index contributed by atoms with van der Waals surface area (Å²) in [6.07, 6.45) is 0. The van der Waals surface area contributed by atoms with Crippen molar-refractivity contribution >= 4 is 0 Å². The lowest BCUT2D eigenvalue weighted by molar-refractivity contribution is 0.431. The Hall–Kier alpha value is -1.94. The number of hydrogen-bond donors (Lipinski definition) is 2. The van der Waals surface area contributed by atoms with Crippen LogP contribution in [0.2, 0.25) is 0 Å². The molecule has 2 rings (SSSR count). The predicted octanol–water partition coefficient (Wildman–Crippen LogP) is 3.52. The average molecular weight is 263 g/mol. The molecular formula is C15H15F2NO. The first-order valence-corrected chi connectivity index (χ1v) is 6.02. The Morgan fingerprint density at radius 3 is 2.42 bits per heavy atom. The SMILES string of the molecule is C[C@H](NCc1ccc(O)c(F)c1)c1ccc(F)cc1. The fourth-order valence-corrected chi connectivity index (χ4v) is 1.80. The van der Waals surface area contributed by atoms with Crippen LogP contribution in [0.1, 0.15) is 24.1 Å². The molecule has 0 aromatic heterocycles. The smallest absolute Gasteiger partial charge is 0.165 e. The van der Waals surface area contributed by atoms with Gasteiger partial charge >= 0.3 is 0 Å². The molecule has 0 amide bonds. The summed E-state index contributed by atoms with van der Waals surface area (Å²) < 4.78 is 25.9. The Labute approximate surface area is 110 Å². The van der Waals surface area contributed by atoms with Crippen molar-refractivity contribution in [2.75, 3.05) is 0 Å².